The average molecular weight is 317 g/mol. The van der Waals surface area contributed by atoms with E-state index in [0.29, 0.717) is 17.2 Å². The van der Waals surface area contributed by atoms with Crippen molar-refractivity contribution in [2.75, 3.05) is 5.73 Å². The lowest BCUT2D eigenvalue weighted by Crippen LogP contribution is -2.00. The number of hydrogen-bond donors (Lipinski definition) is 6. The molecule has 7 N–H and O–H groups in total. The number of nitrogen functional groups attached to an aromatic ring is 1. The van der Waals surface area contributed by atoms with Crippen molar-refractivity contribution >= 4 is 21.5 Å². The Morgan fingerprint density at radius 2 is 1.74 bits per heavy atom. The van der Waals surface area contributed by atoms with Gasteiger partial charge in [-0.05, 0) is 6.92 Å². The highest BCUT2D eigenvalue weighted by Gasteiger charge is 2.27. The SMILES string of the molecule is Cc1ncc(CO)c(N)n1.O=P(O)(O)OP(=O)(O)O. The molecule has 0 spiro atoms. The summed E-state index contributed by atoms with van der Waals surface area (Å²) >= 11 is 0. The summed E-state index contributed by atoms with van der Waals surface area (Å²) in [5.74, 6) is 0.977. The predicted molar refractivity (Wildman–Crippen MR) is 62.3 cm³/mol. The molecule has 1 aromatic heterocycles. The molecule has 0 saturated carbocycles. The number of phosphoric acid groups is 2. The minimum absolute atomic E-state index is 0.105. The zero-order chi connectivity index (χ0) is 15.3. The molecule has 0 aliphatic carbocycles. The quantitative estimate of drug-likeness (QED) is 0.376. The molecule has 0 amide bonds. The van der Waals surface area contributed by atoms with E-state index in [1.54, 1.807) is 6.92 Å². The van der Waals surface area contributed by atoms with Crippen molar-refractivity contribution < 1.29 is 38.1 Å². The number of anilines is 1. The zero-order valence-corrected chi connectivity index (χ0v) is 11.4. The molecule has 0 unspecified atom stereocenters. The summed E-state index contributed by atoms with van der Waals surface area (Å²) in [6, 6.07) is 0. The fraction of sp³-hybridized carbons (Fsp3) is 0.333. The number of rotatable bonds is 3. The molecule has 110 valence electrons. The van der Waals surface area contributed by atoms with Crippen LogP contribution in [0.2, 0.25) is 0 Å². The molecule has 0 radical (unpaired) electrons. The monoisotopic (exact) mass is 317 g/mol. The third-order valence-electron chi connectivity index (χ3n) is 1.40. The smallest absolute Gasteiger partial charge is 0.391 e. The van der Waals surface area contributed by atoms with E-state index in [9.17, 15) is 9.13 Å². The van der Waals surface area contributed by atoms with Crippen LogP contribution in [-0.2, 0) is 20.0 Å². The highest BCUT2D eigenvalue weighted by molar-refractivity contribution is 7.60. The lowest BCUT2D eigenvalue weighted by molar-refractivity contribution is 0.225. The molecule has 11 nitrogen and oxygen atoms in total. The maximum absolute atomic E-state index is 9.63. The topological polar surface area (TPSA) is 196 Å². The zero-order valence-electron chi connectivity index (χ0n) is 9.61. The van der Waals surface area contributed by atoms with Gasteiger partial charge in [0.2, 0.25) is 0 Å². The molecule has 0 aromatic carbocycles. The summed E-state index contributed by atoms with van der Waals surface area (Å²) in [5, 5.41) is 8.65. The van der Waals surface area contributed by atoms with Crippen LogP contribution in [0.4, 0.5) is 5.82 Å². The van der Waals surface area contributed by atoms with Gasteiger partial charge in [-0.1, -0.05) is 0 Å². The van der Waals surface area contributed by atoms with E-state index in [4.69, 9.17) is 30.4 Å². The summed E-state index contributed by atoms with van der Waals surface area (Å²) in [6.07, 6.45) is 1.53. The third kappa shape index (κ3) is 9.65. The highest BCUT2D eigenvalue weighted by atomic mass is 31.3. The minimum Gasteiger partial charge on any atom is -0.391 e. The summed E-state index contributed by atoms with van der Waals surface area (Å²) in [7, 11) is -10.1. The van der Waals surface area contributed by atoms with E-state index in [-0.39, 0.29) is 6.61 Å². The lowest BCUT2D eigenvalue weighted by atomic mass is 10.3. The molecule has 0 saturated heterocycles. The molecule has 0 atom stereocenters. The number of nitrogens with two attached hydrogens (primary N) is 1. The molecule has 19 heavy (non-hydrogen) atoms. The molecular formula is C6H13N3O8P2. The first-order valence-electron chi connectivity index (χ1n) is 4.46. The van der Waals surface area contributed by atoms with Gasteiger partial charge in [0.05, 0.1) is 6.61 Å². The van der Waals surface area contributed by atoms with Crippen LogP contribution in [0, 0.1) is 6.92 Å². The summed E-state index contributed by atoms with van der Waals surface area (Å²) < 4.78 is 22.2. The standard InChI is InChI=1S/C6H9N3O.H4O7P2/c1-4-8-2-5(3-10)6(7)9-4;1-8(2,3)7-9(4,5)6/h2,10H,3H2,1H3,(H2,7,8,9);(H2,1,2,3)(H2,4,5,6). The first-order valence-corrected chi connectivity index (χ1v) is 7.52. The Hall–Kier alpha value is -0.900. The predicted octanol–water partition coefficient (Wildman–Crippen LogP) is -0.952. The molecule has 0 bridgehead atoms. The maximum Gasteiger partial charge on any atom is 0.478 e. The van der Waals surface area contributed by atoms with Crippen LogP contribution < -0.4 is 5.73 Å². The second-order valence-electron chi connectivity index (χ2n) is 3.05. The van der Waals surface area contributed by atoms with Crippen LogP contribution >= 0.6 is 15.6 Å². The molecule has 1 heterocycles. The van der Waals surface area contributed by atoms with Crippen LogP contribution in [0.5, 0.6) is 0 Å². The Morgan fingerprint density at radius 1 is 1.26 bits per heavy atom. The van der Waals surface area contributed by atoms with Gasteiger partial charge in [-0.25, -0.2) is 19.1 Å². The van der Waals surface area contributed by atoms with E-state index in [1.807, 2.05) is 0 Å². The Morgan fingerprint density at radius 3 is 2.00 bits per heavy atom. The first-order chi connectivity index (χ1) is 8.44. The normalized spacial score (nSPS) is 11.7. The maximum atomic E-state index is 9.63. The van der Waals surface area contributed by atoms with Crippen molar-refractivity contribution in [3.63, 3.8) is 0 Å². The number of aryl methyl sites for hydroxylation is 1. The number of aliphatic hydroxyl groups excluding tert-OH is 1. The van der Waals surface area contributed by atoms with E-state index in [1.165, 1.54) is 6.20 Å². The van der Waals surface area contributed by atoms with Gasteiger partial charge in [0.25, 0.3) is 0 Å². The van der Waals surface area contributed by atoms with Crippen molar-refractivity contribution in [3.8, 4) is 0 Å². The number of aromatic nitrogens is 2. The van der Waals surface area contributed by atoms with Crippen LogP contribution in [0.1, 0.15) is 11.4 Å². The van der Waals surface area contributed by atoms with Crippen molar-refractivity contribution in [3.05, 3.63) is 17.6 Å². The first kappa shape index (κ1) is 18.1. The lowest BCUT2D eigenvalue weighted by Gasteiger charge is -2.03. The molecular weight excluding hydrogens is 304 g/mol. The molecule has 0 aliphatic rings. The second kappa shape index (κ2) is 7.04. The molecule has 0 fully saturated rings. The van der Waals surface area contributed by atoms with Gasteiger partial charge < -0.3 is 30.4 Å². The number of aliphatic hydroxyl groups is 1. The Balaban J connectivity index is 0.000000344. The van der Waals surface area contributed by atoms with E-state index < -0.39 is 15.6 Å². The Bertz CT molecular complexity index is 491. The third-order valence-corrected chi connectivity index (χ3v) is 3.10. The summed E-state index contributed by atoms with van der Waals surface area (Å²) in [5.41, 5.74) is 6.00. The summed E-state index contributed by atoms with van der Waals surface area (Å²) in [4.78, 5) is 38.7. The van der Waals surface area contributed by atoms with Gasteiger partial charge in [-0.2, -0.15) is 4.31 Å². The number of nitrogens with zero attached hydrogens (tertiary/aromatic N) is 2. The van der Waals surface area contributed by atoms with E-state index in [2.05, 4.69) is 14.3 Å². The van der Waals surface area contributed by atoms with Crippen LogP contribution in [0.25, 0.3) is 0 Å². The van der Waals surface area contributed by atoms with Crippen molar-refractivity contribution in [1.29, 1.82) is 0 Å². The van der Waals surface area contributed by atoms with Gasteiger partial charge in [-0.3, -0.25) is 0 Å². The van der Waals surface area contributed by atoms with Crippen molar-refractivity contribution in [2.45, 2.75) is 13.5 Å². The van der Waals surface area contributed by atoms with Gasteiger partial charge in [0, 0.05) is 11.8 Å². The van der Waals surface area contributed by atoms with Gasteiger partial charge >= 0.3 is 15.6 Å². The molecule has 13 heteroatoms. The Kier molecular flexibility index (Phi) is 6.70. The van der Waals surface area contributed by atoms with E-state index in [0.717, 1.165) is 0 Å². The van der Waals surface area contributed by atoms with Crippen molar-refractivity contribution in [2.24, 2.45) is 0 Å². The van der Waals surface area contributed by atoms with Crippen molar-refractivity contribution in [1.82, 2.24) is 9.97 Å². The number of hydrogen-bond acceptors (Lipinski definition) is 7. The highest BCUT2D eigenvalue weighted by Crippen LogP contribution is 2.53. The molecule has 1 aromatic rings. The largest absolute Gasteiger partial charge is 0.478 e. The van der Waals surface area contributed by atoms with Gasteiger partial charge in [0.1, 0.15) is 11.6 Å². The second-order valence-corrected chi connectivity index (χ2v) is 5.66. The Labute approximate surface area is 107 Å². The fourth-order valence-electron chi connectivity index (χ4n) is 0.773. The minimum atomic E-state index is -5.05. The van der Waals surface area contributed by atoms with Crippen LogP contribution in [0.3, 0.4) is 0 Å². The van der Waals surface area contributed by atoms with Gasteiger partial charge in [-0.15, -0.1) is 0 Å². The van der Waals surface area contributed by atoms with Crippen LogP contribution in [0.15, 0.2) is 6.20 Å². The fourth-order valence-corrected chi connectivity index (χ4v) is 1.88. The van der Waals surface area contributed by atoms with E-state index >= 15 is 0 Å². The molecule has 0 aliphatic heterocycles. The van der Waals surface area contributed by atoms with Crippen LogP contribution in [-0.4, -0.2) is 34.6 Å². The van der Waals surface area contributed by atoms with Gasteiger partial charge in [0.15, 0.2) is 0 Å². The average Bonchev–Trinajstić information content (AvgIpc) is 2.12. The summed E-state index contributed by atoms with van der Waals surface area (Å²) in [6.45, 7) is 1.64. The molecule has 1 rings (SSSR count).